The van der Waals surface area contributed by atoms with Gasteiger partial charge in [0.05, 0.1) is 0 Å². The van der Waals surface area contributed by atoms with Gasteiger partial charge in [0.1, 0.15) is 5.82 Å². The van der Waals surface area contributed by atoms with Gasteiger partial charge in [-0.1, -0.05) is 31.5 Å². The fraction of sp³-hybridized carbons (Fsp3) is 0.333. The smallest absolute Gasteiger partial charge is 0.129 e. The Labute approximate surface area is 118 Å². The molecule has 0 saturated heterocycles. The van der Waals surface area contributed by atoms with Crippen LogP contribution in [0.4, 0.5) is 4.39 Å². The van der Waals surface area contributed by atoms with Crippen LogP contribution in [-0.4, -0.2) is 10.6 Å². The number of rotatable bonds is 5. The van der Waals surface area contributed by atoms with Gasteiger partial charge in [0.2, 0.25) is 0 Å². The Kier molecular flexibility index (Phi) is 4.61. The van der Waals surface area contributed by atoms with Gasteiger partial charge in [-0.3, -0.25) is 0 Å². The second kappa shape index (κ2) is 6.22. The van der Waals surface area contributed by atoms with Gasteiger partial charge < -0.3 is 9.88 Å². The van der Waals surface area contributed by atoms with Crippen molar-refractivity contribution in [3.8, 4) is 0 Å². The molecule has 0 spiro atoms. The summed E-state index contributed by atoms with van der Waals surface area (Å²) in [6.07, 6.45) is 3.99. The van der Waals surface area contributed by atoms with E-state index in [1.807, 2.05) is 23.0 Å². The van der Waals surface area contributed by atoms with E-state index < -0.39 is 0 Å². The number of aromatic nitrogens is 1. The van der Waals surface area contributed by atoms with Crippen molar-refractivity contribution in [2.24, 2.45) is 0 Å². The molecule has 0 aliphatic carbocycles. The molecule has 0 radical (unpaired) electrons. The third-order valence-electron chi connectivity index (χ3n) is 2.89. The molecule has 2 rings (SSSR count). The summed E-state index contributed by atoms with van der Waals surface area (Å²) < 4.78 is 15.7. The average molecular weight is 281 g/mol. The van der Waals surface area contributed by atoms with Crippen molar-refractivity contribution >= 4 is 11.6 Å². The highest BCUT2D eigenvalue weighted by atomic mass is 35.5. The van der Waals surface area contributed by atoms with E-state index in [9.17, 15) is 4.39 Å². The predicted molar refractivity (Wildman–Crippen MR) is 76.9 cm³/mol. The first kappa shape index (κ1) is 14.1. The Morgan fingerprint density at radius 2 is 2.11 bits per heavy atom. The SMILES string of the molecule is CC(C)NCc1ccn(Cc2ccc(Cl)cc2F)c1. The Morgan fingerprint density at radius 3 is 2.79 bits per heavy atom. The van der Waals surface area contributed by atoms with Crippen LogP contribution < -0.4 is 5.32 Å². The van der Waals surface area contributed by atoms with Gasteiger partial charge in [0.15, 0.2) is 0 Å². The van der Waals surface area contributed by atoms with E-state index in [1.165, 1.54) is 11.6 Å². The molecule has 1 aromatic carbocycles. The molecule has 0 unspecified atom stereocenters. The monoisotopic (exact) mass is 280 g/mol. The molecule has 0 fully saturated rings. The van der Waals surface area contributed by atoms with E-state index >= 15 is 0 Å². The lowest BCUT2D eigenvalue weighted by Crippen LogP contribution is -2.21. The topological polar surface area (TPSA) is 17.0 Å². The highest BCUT2D eigenvalue weighted by Gasteiger charge is 2.04. The number of hydrogen-bond acceptors (Lipinski definition) is 1. The van der Waals surface area contributed by atoms with E-state index in [-0.39, 0.29) is 5.82 Å². The van der Waals surface area contributed by atoms with Crippen molar-refractivity contribution in [1.29, 1.82) is 0 Å². The number of nitrogens with zero attached hydrogens (tertiary/aromatic N) is 1. The van der Waals surface area contributed by atoms with Crippen molar-refractivity contribution in [3.05, 3.63) is 58.6 Å². The summed E-state index contributed by atoms with van der Waals surface area (Å²) in [6, 6.07) is 7.29. The number of halogens is 2. The van der Waals surface area contributed by atoms with Crippen LogP contribution in [0.3, 0.4) is 0 Å². The zero-order valence-corrected chi connectivity index (χ0v) is 11.9. The lowest BCUT2D eigenvalue weighted by atomic mass is 10.2. The van der Waals surface area contributed by atoms with Gasteiger partial charge in [0.25, 0.3) is 0 Å². The number of hydrogen-bond donors (Lipinski definition) is 1. The molecule has 1 aromatic heterocycles. The normalized spacial score (nSPS) is 11.2. The summed E-state index contributed by atoms with van der Waals surface area (Å²) in [7, 11) is 0. The fourth-order valence-electron chi connectivity index (χ4n) is 1.86. The highest BCUT2D eigenvalue weighted by Crippen LogP contribution is 2.16. The quantitative estimate of drug-likeness (QED) is 0.881. The molecule has 4 heteroatoms. The predicted octanol–water partition coefficient (Wildman–Crippen LogP) is 3.83. The van der Waals surface area contributed by atoms with Gasteiger partial charge in [-0.05, 0) is 23.8 Å². The van der Waals surface area contributed by atoms with Gasteiger partial charge in [-0.2, -0.15) is 0 Å². The van der Waals surface area contributed by atoms with Crippen molar-refractivity contribution in [1.82, 2.24) is 9.88 Å². The maximum Gasteiger partial charge on any atom is 0.129 e. The first-order valence-electron chi connectivity index (χ1n) is 6.36. The van der Waals surface area contributed by atoms with Crippen molar-refractivity contribution in [3.63, 3.8) is 0 Å². The third-order valence-corrected chi connectivity index (χ3v) is 3.13. The molecule has 2 nitrogen and oxygen atoms in total. The average Bonchev–Trinajstić information content (AvgIpc) is 2.78. The van der Waals surface area contributed by atoms with Crippen molar-refractivity contribution in [2.45, 2.75) is 33.0 Å². The molecule has 0 saturated carbocycles. The Bertz CT molecular complexity index is 549. The molecule has 0 aliphatic heterocycles. The summed E-state index contributed by atoms with van der Waals surface area (Å²) in [5, 5.41) is 3.78. The minimum absolute atomic E-state index is 0.261. The van der Waals surface area contributed by atoms with Gasteiger partial charge in [-0.25, -0.2) is 4.39 Å². The van der Waals surface area contributed by atoms with Crippen LogP contribution in [0.5, 0.6) is 0 Å². The lowest BCUT2D eigenvalue weighted by Gasteiger charge is -2.07. The van der Waals surface area contributed by atoms with Gasteiger partial charge in [0, 0.05) is 42.1 Å². The highest BCUT2D eigenvalue weighted by molar-refractivity contribution is 6.30. The summed E-state index contributed by atoms with van der Waals surface area (Å²) in [4.78, 5) is 0. The molecular formula is C15H18ClFN2. The molecule has 2 aromatic rings. The van der Waals surface area contributed by atoms with Crippen LogP contribution in [-0.2, 0) is 13.1 Å². The fourth-order valence-corrected chi connectivity index (χ4v) is 2.02. The number of benzene rings is 1. The largest absolute Gasteiger partial charge is 0.349 e. The van der Waals surface area contributed by atoms with Crippen LogP contribution in [0.15, 0.2) is 36.7 Å². The standard InChI is InChI=1S/C15H18ClFN2/c1-11(2)18-8-12-5-6-19(9-12)10-13-3-4-14(16)7-15(13)17/h3-7,9,11,18H,8,10H2,1-2H3. The molecule has 102 valence electrons. The summed E-state index contributed by atoms with van der Waals surface area (Å²) in [5.74, 6) is -0.261. The van der Waals surface area contributed by atoms with E-state index in [1.54, 1.807) is 12.1 Å². The van der Waals surface area contributed by atoms with Crippen LogP contribution in [0.25, 0.3) is 0 Å². The summed E-state index contributed by atoms with van der Waals surface area (Å²) in [6.45, 7) is 5.57. The van der Waals surface area contributed by atoms with Gasteiger partial charge >= 0.3 is 0 Å². The summed E-state index contributed by atoms with van der Waals surface area (Å²) >= 11 is 5.74. The summed E-state index contributed by atoms with van der Waals surface area (Å²) in [5.41, 5.74) is 1.84. The minimum atomic E-state index is -0.261. The van der Waals surface area contributed by atoms with Crippen molar-refractivity contribution < 1.29 is 4.39 Å². The molecule has 0 atom stereocenters. The third kappa shape index (κ3) is 4.08. The molecule has 0 amide bonds. The van der Waals surface area contributed by atoms with E-state index in [0.717, 1.165) is 6.54 Å². The second-order valence-electron chi connectivity index (χ2n) is 4.96. The molecule has 1 N–H and O–H groups in total. The first-order chi connectivity index (χ1) is 9.04. The molecule has 0 bridgehead atoms. The minimum Gasteiger partial charge on any atom is -0.349 e. The zero-order chi connectivity index (χ0) is 13.8. The van der Waals surface area contributed by atoms with Crippen LogP contribution in [0.1, 0.15) is 25.0 Å². The Balaban J connectivity index is 2.03. The Morgan fingerprint density at radius 1 is 1.32 bits per heavy atom. The zero-order valence-electron chi connectivity index (χ0n) is 11.2. The van der Waals surface area contributed by atoms with E-state index in [4.69, 9.17) is 11.6 Å². The Hall–Kier alpha value is -1.32. The maximum absolute atomic E-state index is 13.7. The van der Waals surface area contributed by atoms with Crippen LogP contribution in [0, 0.1) is 5.82 Å². The van der Waals surface area contributed by atoms with Gasteiger partial charge in [-0.15, -0.1) is 0 Å². The van der Waals surface area contributed by atoms with Crippen LogP contribution in [0.2, 0.25) is 5.02 Å². The molecule has 0 aliphatic rings. The molecule has 19 heavy (non-hydrogen) atoms. The molecular weight excluding hydrogens is 263 g/mol. The second-order valence-corrected chi connectivity index (χ2v) is 5.40. The lowest BCUT2D eigenvalue weighted by molar-refractivity contribution is 0.586. The van der Waals surface area contributed by atoms with Crippen LogP contribution >= 0.6 is 11.6 Å². The number of nitrogens with one attached hydrogen (secondary N) is 1. The van der Waals surface area contributed by atoms with E-state index in [0.29, 0.717) is 23.2 Å². The van der Waals surface area contributed by atoms with E-state index in [2.05, 4.69) is 19.2 Å². The first-order valence-corrected chi connectivity index (χ1v) is 6.74. The molecule has 1 heterocycles. The van der Waals surface area contributed by atoms with Crippen molar-refractivity contribution in [2.75, 3.05) is 0 Å². The maximum atomic E-state index is 13.7.